The van der Waals surface area contributed by atoms with E-state index in [0.29, 0.717) is 28.4 Å². The molecule has 0 atom stereocenters. The number of amides is 1. The van der Waals surface area contributed by atoms with Gasteiger partial charge in [-0.1, -0.05) is 30.3 Å². The summed E-state index contributed by atoms with van der Waals surface area (Å²) in [5.74, 6) is 1.23. The maximum atomic E-state index is 13.2. The van der Waals surface area contributed by atoms with Gasteiger partial charge in [-0.15, -0.1) is 0 Å². The molecule has 0 aliphatic carbocycles. The number of carbonyl (C=O) groups is 1. The van der Waals surface area contributed by atoms with E-state index in [9.17, 15) is 14.0 Å². The van der Waals surface area contributed by atoms with Crippen molar-refractivity contribution in [2.45, 2.75) is 26.2 Å². The highest BCUT2D eigenvalue weighted by molar-refractivity contribution is 5.80. The van der Waals surface area contributed by atoms with Crippen LogP contribution < -0.4 is 14.9 Å². The van der Waals surface area contributed by atoms with Crippen molar-refractivity contribution < 1.29 is 23.1 Å². The van der Waals surface area contributed by atoms with Crippen molar-refractivity contribution in [3.8, 4) is 17.2 Å². The number of likely N-dealkylation sites (tertiary alicyclic amines) is 1. The number of aryl methyl sites for hydroxylation is 1. The maximum absolute atomic E-state index is 13.2. The molecule has 0 spiro atoms. The van der Waals surface area contributed by atoms with Crippen LogP contribution in [-0.4, -0.2) is 30.5 Å². The molecule has 1 aromatic heterocycles. The number of rotatable bonds is 7. The molecule has 0 N–H and O–H groups in total. The third-order valence-corrected chi connectivity index (χ3v) is 6.72. The van der Waals surface area contributed by atoms with E-state index in [4.69, 9.17) is 13.9 Å². The SMILES string of the molecule is Cc1oc2cc(OCC(=O)N3CCC(Cc4ccccc4)CC3)ccc2c(=O)c1Oc1ccc(F)cc1. The monoisotopic (exact) mass is 501 g/mol. The van der Waals surface area contributed by atoms with E-state index in [1.807, 2.05) is 11.0 Å². The molecule has 1 amide bonds. The zero-order valence-corrected chi connectivity index (χ0v) is 20.6. The predicted octanol–water partition coefficient (Wildman–Crippen LogP) is 5.89. The molecule has 0 radical (unpaired) electrons. The van der Waals surface area contributed by atoms with E-state index in [2.05, 4.69) is 24.3 Å². The highest BCUT2D eigenvalue weighted by Gasteiger charge is 2.23. The fraction of sp³-hybridized carbons (Fsp3) is 0.267. The van der Waals surface area contributed by atoms with Crippen LogP contribution in [0.1, 0.15) is 24.2 Å². The normalized spacial score (nSPS) is 14.1. The largest absolute Gasteiger partial charge is 0.484 e. The Bertz CT molecular complexity index is 1440. The van der Waals surface area contributed by atoms with Crippen LogP contribution >= 0.6 is 0 Å². The van der Waals surface area contributed by atoms with Crippen molar-refractivity contribution >= 4 is 16.9 Å². The summed E-state index contributed by atoms with van der Waals surface area (Å²) in [5.41, 5.74) is 1.33. The first-order valence-electron chi connectivity index (χ1n) is 12.4. The molecule has 2 heterocycles. The molecule has 3 aromatic carbocycles. The van der Waals surface area contributed by atoms with Crippen molar-refractivity contribution in [3.63, 3.8) is 0 Å². The fourth-order valence-electron chi connectivity index (χ4n) is 4.67. The van der Waals surface area contributed by atoms with Crippen LogP contribution in [0.3, 0.4) is 0 Å². The fourth-order valence-corrected chi connectivity index (χ4v) is 4.67. The minimum Gasteiger partial charge on any atom is -0.484 e. The van der Waals surface area contributed by atoms with Crippen LogP contribution in [0.15, 0.2) is 82.0 Å². The van der Waals surface area contributed by atoms with Crippen LogP contribution in [0.4, 0.5) is 4.39 Å². The van der Waals surface area contributed by atoms with Crippen LogP contribution in [0.5, 0.6) is 17.2 Å². The Morgan fingerprint density at radius 2 is 1.70 bits per heavy atom. The summed E-state index contributed by atoms with van der Waals surface area (Å²) in [4.78, 5) is 27.6. The van der Waals surface area contributed by atoms with E-state index < -0.39 is 5.82 Å². The number of fused-ring (bicyclic) bond motifs is 1. The number of hydrogen-bond donors (Lipinski definition) is 0. The Kier molecular flexibility index (Phi) is 7.21. The van der Waals surface area contributed by atoms with Crippen molar-refractivity contribution in [3.05, 3.63) is 100 Å². The second-order valence-electron chi connectivity index (χ2n) is 9.33. The van der Waals surface area contributed by atoms with Gasteiger partial charge in [-0.25, -0.2) is 4.39 Å². The Balaban J connectivity index is 1.19. The Labute approximate surface area is 214 Å². The third-order valence-electron chi connectivity index (χ3n) is 6.72. The molecule has 4 aromatic rings. The number of carbonyl (C=O) groups excluding carboxylic acids is 1. The molecule has 5 rings (SSSR count). The number of ether oxygens (including phenoxy) is 2. The maximum Gasteiger partial charge on any atom is 0.260 e. The van der Waals surface area contributed by atoms with Gasteiger partial charge in [0.1, 0.15) is 28.7 Å². The summed E-state index contributed by atoms with van der Waals surface area (Å²) >= 11 is 0. The molecule has 0 bridgehead atoms. The van der Waals surface area contributed by atoms with Gasteiger partial charge in [-0.3, -0.25) is 9.59 Å². The summed E-state index contributed by atoms with van der Waals surface area (Å²) in [6, 6.07) is 20.7. The number of benzene rings is 3. The lowest BCUT2D eigenvalue weighted by molar-refractivity contribution is -0.134. The number of nitrogens with zero attached hydrogens (tertiary/aromatic N) is 1. The highest BCUT2D eigenvalue weighted by Crippen LogP contribution is 2.28. The standard InChI is InChI=1S/C30H28FNO5/c1-20-30(37-24-9-7-23(31)8-10-24)29(34)26-12-11-25(18-27(26)36-20)35-19-28(33)32-15-13-22(14-16-32)17-21-5-3-2-4-6-21/h2-12,18,22H,13-17,19H2,1H3. The summed E-state index contributed by atoms with van der Waals surface area (Å²) < 4.78 is 30.4. The minimum atomic E-state index is -0.395. The number of hydrogen-bond acceptors (Lipinski definition) is 5. The Morgan fingerprint density at radius 3 is 2.43 bits per heavy atom. The Morgan fingerprint density at radius 1 is 1.00 bits per heavy atom. The van der Waals surface area contributed by atoms with E-state index in [0.717, 1.165) is 32.4 Å². The van der Waals surface area contributed by atoms with E-state index in [-0.39, 0.29) is 29.5 Å². The van der Waals surface area contributed by atoms with Crippen LogP contribution in [0.25, 0.3) is 11.0 Å². The first kappa shape index (κ1) is 24.6. The van der Waals surface area contributed by atoms with Gasteiger partial charge in [0.15, 0.2) is 6.61 Å². The lowest BCUT2D eigenvalue weighted by Gasteiger charge is -2.32. The average molecular weight is 502 g/mol. The summed E-state index contributed by atoms with van der Waals surface area (Å²) in [6.45, 7) is 2.99. The lowest BCUT2D eigenvalue weighted by atomic mass is 9.90. The molecular formula is C30H28FNO5. The molecule has 0 unspecified atom stereocenters. The molecule has 1 fully saturated rings. The van der Waals surface area contributed by atoms with Gasteiger partial charge in [-0.05, 0) is 74.1 Å². The molecular weight excluding hydrogens is 473 g/mol. The molecule has 1 aliphatic rings. The molecule has 6 nitrogen and oxygen atoms in total. The average Bonchev–Trinajstić information content (AvgIpc) is 2.91. The van der Waals surface area contributed by atoms with Crippen LogP contribution in [0.2, 0.25) is 0 Å². The highest BCUT2D eigenvalue weighted by atomic mass is 19.1. The zero-order valence-electron chi connectivity index (χ0n) is 20.6. The second kappa shape index (κ2) is 10.9. The van der Waals surface area contributed by atoms with Gasteiger partial charge in [0.2, 0.25) is 11.2 Å². The molecule has 37 heavy (non-hydrogen) atoms. The Hall–Kier alpha value is -4.13. The number of piperidine rings is 1. The molecule has 1 saturated heterocycles. The smallest absolute Gasteiger partial charge is 0.260 e. The topological polar surface area (TPSA) is 69.0 Å². The van der Waals surface area contributed by atoms with Crippen molar-refractivity contribution in [2.75, 3.05) is 19.7 Å². The third kappa shape index (κ3) is 5.82. The molecule has 1 aliphatic heterocycles. The van der Waals surface area contributed by atoms with Crippen molar-refractivity contribution in [1.82, 2.24) is 4.90 Å². The van der Waals surface area contributed by atoms with Gasteiger partial charge in [-0.2, -0.15) is 0 Å². The van der Waals surface area contributed by atoms with Crippen molar-refractivity contribution in [1.29, 1.82) is 0 Å². The van der Waals surface area contributed by atoms with Gasteiger partial charge < -0.3 is 18.8 Å². The molecule has 7 heteroatoms. The second-order valence-corrected chi connectivity index (χ2v) is 9.33. The van der Waals surface area contributed by atoms with Crippen molar-refractivity contribution in [2.24, 2.45) is 5.92 Å². The van der Waals surface area contributed by atoms with Crippen LogP contribution in [-0.2, 0) is 11.2 Å². The van der Waals surface area contributed by atoms with Gasteiger partial charge in [0, 0.05) is 19.2 Å². The minimum absolute atomic E-state index is 0.0404. The molecule has 190 valence electrons. The van der Waals surface area contributed by atoms with E-state index >= 15 is 0 Å². The van der Waals surface area contributed by atoms with Crippen LogP contribution in [0, 0.1) is 18.7 Å². The lowest BCUT2D eigenvalue weighted by Crippen LogP contribution is -2.41. The van der Waals surface area contributed by atoms with Gasteiger partial charge in [0.25, 0.3) is 5.91 Å². The first-order chi connectivity index (χ1) is 18.0. The zero-order chi connectivity index (χ0) is 25.8. The summed E-state index contributed by atoms with van der Waals surface area (Å²) in [5, 5.41) is 0.321. The number of halogens is 1. The summed E-state index contributed by atoms with van der Waals surface area (Å²) in [6.07, 6.45) is 2.99. The molecule has 0 saturated carbocycles. The van der Waals surface area contributed by atoms with E-state index in [1.165, 1.54) is 29.8 Å². The quantitative estimate of drug-likeness (QED) is 0.316. The van der Waals surface area contributed by atoms with Gasteiger partial charge >= 0.3 is 0 Å². The van der Waals surface area contributed by atoms with E-state index in [1.54, 1.807) is 25.1 Å². The summed E-state index contributed by atoms with van der Waals surface area (Å²) in [7, 11) is 0. The van der Waals surface area contributed by atoms with Gasteiger partial charge in [0.05, 0.1) is 5.39 Å². The first-order valence-corrected chi connectivity index (χ1v) is 12.4. The predicted molar refractivity (Wildman–Crippen MR) is 139 cm³/mol.